The number of nitrogens with zero attached hydrogens (tertiary/aromatic N) is 5. The molecule has 10 heteroatoms. The number of carbonyl (C=O) groups excluding carboxylic acids is 1. The number of aromatic nitrogens is 5. The summed E-state index contributed by atoms with van der Waals surface area (Å²) in [5.74, 6) is -0.501. The van der Waals surface area contributed by atoms with Crippen molar-refractivity contribution in [3.8, 4) is 0 Å². The van der Waals surface area contributed by atoms with Crippen LogP contribution in [-0.2, 0) is 30.7 Å². The molecule has 0 saturated heterocycles. The van der Waals surface area contributed by atoms with Gasteiger partial charge in [-0.2, -0.15) is 23.4 Å². The van der Waals surface area contributed by atoms with E-state index in [1.165, 1.54) is 0 Å². The maximum Gasteiger partial charge on any atom is 0.408 e. The Balaban J connectivity index is 2.05. The average Bonchev–Trinajstić information content (AvgIpc) is 2.98. The van der Waals surface area contributed by atoms with Crippen LogP contribution in [0.15, 0.2) is 18.5 Å². The Labute approximate surface area is 123 Å². The Kier molecular flexibility index (Phi) is 4.78. The predicted molar refractivity (Wildman–Crippen MR) is 69.5 cm³/mol. The quantitative estimate of drug-likeness (QED) is 0.814. The highest BCUT2D eigenvalue weighted by Crippen LogP contribution is 2.18. The Morgan fingerprint density at radius 2 is 2.14 bits per heavy atom. The molecule has 2 aromatic rings. The highest BCUT2D eigenvalue weighted by atomic mass is 19.4. The number of carbonyl (C=O) groups is 1. The molecule has 0 unspecified atom stereocenters. The average molecular weight is 316 g/mol. The monoisotopic (exact) mass is 316 g/mol. The lowest BCUT2D eigenvalue weighted by Crippen LogP contribution is -2.21. The molecule has 2 rings (SSSR count). The van der Waals surface area contributed by atoms with Gasteiger partial charge in [-0.05, 0) is 12.5 Å². The molecule has 2 aromatic heterocycles. The molecule has 7 nitrogen and oxygen atoms in total. The first-order valence-corrected chi connectivity index (χ1v) is 6.58. The van der Waals surface area contributed by atoms with Gasteiger partial charge in [0.2, 0.25) is 5.91 Å². The fourth-order valence-corrected chi connectivity index (χ4v) is 1.97. The van der Waals surface area contributed by atoms with E-state index in [9.17, 15) is 18.0 Å². The van der Waals surface area contributed by atoms with Crippen LogP contribution in [0.25, 0.3) is 0 Å². The van der Waals surface area contributed by atoms with Gasteiger partial charge < -0.3 is 5.73 Å². The first kappa shape index (κ1) is 16.0. The maximum atomic E-state index is 12.5. The molecule has 0 fully saturated rings. The molecule has 0 spiro atoms. The molecule has 0 aliphatic heterocycles. The van der Waals surface area contributed by atoms with Gasteiger partial charge in [0.05, 0.1) is 6.42 Å². The van der Waals surface area contributed by atoms with Crippen molar-refractivity contribution in [1.82, 2.24) is 24.5 Å². The number of hydrogen-bond acceptors (Lipinski definition) is 4. The van der Waals surface area contributed by atoms with Crippen LogP contribution in [-0.4, -0.2) is 36.6 Å². The van der Waals surface area contributed by atoms with Crippen LogP contribution in [0, 0.1) is 0 Å². The molecule has 120 valence electrons. The third kappa shape index (κ3) is 4.86. The number of halogens is 3. The number of primary amides is 1. The van der Waals surface area contributed by atoms with E-state index in [-0.39, 0.29) is 18.1 Å². The number of nitrogens with two attached hydrogens (primary N) is 1. The zero-order valence-electron chi connectivity index (χ0n) is 11.6. The Morgan fingerprint density at radius 3 is 2.73 bits per heavy atom. The van der Waals surface area contributed by atoms with Crippen molar-refractivity contribution in [2.75, 3.05) is 0 Å². The lowest BCUT2D eigenvalue weighted by Gasteiger charge is -2.08. The molecule has 0 aromatic carbocycles. The third-order valence-electron chi connectivity index (χ3n) is 2.80. The fraction of sp³-hybridized carbons (Fsp3) is 0.500. The topological polar surface area (TPSA) is 91.6 Å². The predicted octanol–water partition coefficient (Wildman–Crippen LogP) is 0.697. The SMILES string of the molecule is NC(=O)Cc1nc(CCCn2cccn2)n(CC(F)(F)F)n1. The zero-order valence-corrected chi connectivity index (χ0v) is 11.6. The van der Waals surface area contributed by atoms with E-state index >= 15 is 0 Å². The highest BCUT2D eigenvalue weighted by Gasteiger charge is 2.30. The van der Waals surface area contributed by atoms with Crippen molar-refractivity contribution in [1.29, 1.82) is 0 Å². The first-order chi connectivity index (χ1) is 10.3. The van der Waals surface area contributed by atoms with E-state index in [0.717, 1.165) is 4.68 Å². The van der Waals surface area contributed by atoms with Gasteiger partial charge in [0.1, 0.15) is 12.4 Å². The largest absolute Gasteiger partial charge is 0.408 e. The van der Waals surface area contributed by atoms with Gasteiger partial charge in [0.25, 0.3) is 0 Å². The summed E-state index contributed by atoms with van der Waals surface area (Å²) in [5, 5.41) is 7.72. The minimum absolute atomic E-state index is 0.00541. The molecule has 0 atom stereocenters. The summed E-state index contributed by atoms with van der Waals surface area (Å²) < 4.78 is 40.1. The van der Waals surface area contributed by atoms with Gasteiger partial charge in [0, 0.05) is 25.4 Å². The lowest BCUT2D eigenvalue weighted by molar-refractivity contribution is -0.143. The molecule has 1 amide bonds. The van der Waals surface area contributed by atoms with Crippen molar-refractivity contribution in [3.05, 3.63) is 30.1 Å². The van der Waals surface area contributed by atoms with Crippen molar-refractivity contribution in [2.45, 2.75) is 38.5 Å². The Morgan fingerprint density at radius 1 is 1.36 bits per heavy atom. The molecule has 0 bridgehead atoms. The summed E-state index contributed by atoms with van der Waals surface area (Å²) in [4.78, 5) is 14.8. The van der Waals surface area contributed by atoms with Crippen molar-refractivity contribution >= 4 is 5.91 Å². The molecule has 0 aliphatic rings. The van der Waals surface area contributed by atoms with Crippen molar-refractivity contribution in [3.63, 3.8) is 0 Å². The summed E-state index contributed by atoms with van der Waals surface area (Å²) in [6.07, 6.45) is -0.461. The van der Waals surface area contributed by atoms with E-state index in [1.54, 1.807) is 23.1 Å². The van der Waals surface area contributed by atoms with E-state index in [2.05, 4.69) is 15.2 Å². The van der Waals surface area contributed by atoms with Crippen molar-refractivity contribution in [2.24, 2.45) is 5.73 Å². The van der Waals surface area contributed by atoms with Crippen LogP contribution in [0.4, 0.5) is 13.2 Å². The lowest BCUT2D eigenvalue weighted by atomic mass is 10.3. The summed E-state index contributed by atoms with van der Waals surface area (Å²) in [6.45, 7) is -0.688. The molecule has 0 saturated carbocycles. The zero-order chi connectivity index (χ0) is 16.2. The molecular weight excluding hydrogens is 301 g/mol. The Hall–Kier alpha value is -2.39. The van der Waals surface area contributed by atoms with Crippen LogP contribution < -0.4 is 5.73 Å². The second kappa shape index (κ2) is 6.58. The minimum atomic E-state index is -4.41. The first-order valence-electron chi connectivity index (χ1n) is 6.58. The second-order valence-corrected chi connectivity index (χ2v) is 4.73. The van der Waals surface area contributed by atoms with Gasteiger partial charge >= 0.3 is 6.18 Å². The van der Waals surface area contributed by atoms with Crippen LogP contribution in [0.1, 0.15) is 18.1 Å². The normalized spacial score (nSPS) is 11.8. The number of alkyl halides is 3. The summed E-state index contributed by atoms with van der Waals surface area (Å²) in [5.41, 5.74) is 5.01. The van der Waals surface area contributed by atoms with Gasteiger partial charge in [-0.1, -0.05) is 0 Å². The van der Waals surface area contributed by atoms with Gasteiger partial charge in [0.15, 0.2) is 5.82 Å². The molecule has 2 N–H and O–H groups in total. The number of rotatable bonds is 7. The number of amides is 1. The third-order valence-corrected chi connectivity index (χ3v) is 2.80. The summed E-state index contributed by atoms with van der Waals surface area (Å²) in [7, 11) is 0. The van der Waals surface area contributed by atoms with Gasteiger partial charge in [-0.3, -0.25) is 9.48 Å². The van der Waals surface area contributed by atoms with Crippen LogP contribution in [0.5, 0.6) is 0 Å². The number of aryl methyl sites for hydroxylation is 2. The standard InChI is InChI=1S/C12H15F3N6O/c13-12(14,15)8-21-11(18-10(19-21)7-9(16)22)3-1-5-20-6-2-4-17-20/h2,4,6H,1,3,5,7-8H2,(H2,16,22). The molecular formula is C12H15F3N6O. The minimum Gasteiger partial charge on any atom is -0.369 e. The van der Waals surface area contributed by atoms with Gasteiger partial charge in [-0.25, -0.2) is 9.67 Å². The van der Waals surface area contributed by atoms with Crippen LogP contribution in [0.3, 0.4) is 0 Å². The van der Waals surface area contributed by atoms with E-state index in [4.69, 9.17) is 5.73 Å². The Bertz CT molecular complexity index is 619. The smallest absolute Gasteiger partial charge is 0.369 e. The molecule has 0 radical (unpaired) electrons. The molecule has 2 heterocycles. The van der Waals surface area contributed by atoms with E-state index in [1.807, 2.05) is 0 Å². The fourth-order valence-electron chi connectivity index (χ4n) is 1.97. The van der Waals surface area contributed by atoms with Crippen molar-refractivity contribution < 1.29 is 18.0 Å². The van der Waals surface area contributed by atoms with Crippen LogP contribution >= 0.6 is 0 Å². The van der Waals surface area contributed by atoms with Gasteiger partial charge in [-0.15, -0.1) is 0 Å². The highest BCUT2D eigenvalue weighted by molar-refractivity contribution is 5.75. The maximum absolute atomic E-state index is 12.5. The van der Waals surface area contributed by atoms with Crippen LogP contribution in [0.2, 0.25) is 0 Å². The molecule has 22 heavy (non-hydrogen) atoms. The number of hydrogen-bond donors (Lipinski definition) is 1. The summed E-state index contributed by atoms with van der Waals surface area (Å²) in [6, 6.07) is 1.76. The molecule has 0 aliphatic carbocycles. The van der Waals surface area contributed by atoms with E-state index < -0.39 is 18.6 Å². The van der Waals surface area contributed by atoms with E-state index in [0.29, 0.717) is 19.4 Å². The summed E-state index contributed by atoms with van der Waals surface area (Å²) >= 11 is 0. The second-order valence-electron chi connectivity index (χ2n) is 4.73.